The van der Waals surface area contributed by atoms with Crippen molar-refractivity contribution in [1.29, 1.82) is 0 Å². The van der Waals surface area contributed by atoms with Crippen LogP contribution in [0.4, 0.5) is 28.4 Å². The lowest BCUT2D eigenvalue weighted by atomic mass is 10.1. The number of hydrogen-bond donors (Lipinski definition) is 0. The van der Waals surface area contributed by atoms with Crippen molar-refractivity contribution in [2.75, 3.05) is 208 Å². The number of benzene rings is 5. The van der Waals surface area contributed by atoms with E-state index in [4.69, 9.17) is 85.8 Å². The third-order valence-electron chi connectivity index (χ3n) is 15.9. The normalized spacial score (nSPS) is 15.0. The second-order valence-corrected chi connectivity index (χ2v) is 22.4. The number of likely N-dealkylation sites (N-methyl/N-ethyl adjacent to an activating group) is 1. The summed E-state index contributed by atoms with van der Waals surface area (Å²) >= 11 is 0. The second-order valence-electron chi connectivity index (χ2n) is 22.4. The SMILES string of the molecule is COC(=O)CCOCCOCCOCCOCCOCCOCCOCCOCCOCCOCCOCCOCCN(C)c1cc(COc2cc3c(cc2OC)C(=O)N2c4ccccc4C[C@H]2C=N3)cc(COc2cc3c(cc2OC)C(=O)N2c4ccccc4C[C@H]2C=N3)c1. The minimum Gasteiger partial charge on any atom is -0.493 e. The van der Waals surface area contributed by atoms with Gasteiger partial charge in [-0.3, -0.25) is 34.2 Å². The average Bonchev–Trinajstić information content (AvgIpc) is 1.61. The molecule has 0 saturated carbocycles. The summed E-state index contributed by atoms with van der Waals surface area (Å²) in [5.41, 5.74) is 8.43. The van der Waals surface area contributed by atoms with Crippen molar-refractivity contribution in [3.63, 3.8) is 0 Å². The van der Waals surface area contributed by atoms with Crippen LogP contribution in [0.1, 0.15) is 49.4 Å². The van der Waals surface area contributed by atoms with Crippen molar-refractivity contribution in [2.45, 2.75) is 44.6 Å². The van der Waals surface area contributed by atoms with E-state index in [0.717, 1.165) is 39.3 Å². The maximum Gasteiger partial charge on any atom is 0.307 e. The lowest BCUT2D eigenvalue weighted by Crippen LogP contribution is -2.37. The molecule has 96 heavy (non-hydrogen) atoms. The van der Waals surface area contributed by atoms with Crippen LogP contribution >= 0.6 is 0 Å². The quantitative estimate of drug-likeness (QED) is 0.0268. The van der Waals surface area contributed by atoms with Gasteiger partial charge in [0.05, 0.1) is 221 Å². The van der Waals surface area contributed by atoms with Crippen LogP contribution in [-0.2, 0) is 92.4 Å². The van der Waals surface area contributed by atoms with Crippen molar-refractivity contribution < 1.29 is 94.9 Å². The van der Waals surface area contributed by atoms with E-state index >= 15 is 0 Å². The summed E-state index contributed by atoms with van der Waals surface area (Å²) in [6, 6.07) is 28.6. The van der Waals surface area contributed by atoms with Crippen LogP contribution in [0.25, 0.3) is 0 Å². The Morgan fingerprint density at radius 3 is 1.14 bits per heavy atom. The highest BCUT2D eigenvalue weighted by atomic mass is 16.6. The first-order chi connectivity index (χ1) is 47.2. The maximum absolute atomic E-state index is 14.1. The molecule has 9 rings (SSSR count). The summed E-state index contributed by atoms with van der Waals surface area (Å²) < 4.78 is 96.2. The van der Waals surface area contributed by atoms with E-state index in [1.165, 1.54) is 7.11 Å². The van der Waals surface area contributed by atoms with Crippen molar-refractivity contribution in [3.8, 4) is 23.0 Å². The van der Waals surface area contributed by atoms with E-state index in [1.807, 2.05) is 83.9 Å². The number of carbonyl (C=O) groups is 3. The van der Waals surface area contributed by atoms with Gasteiger partial charge in [0.25, 0.3) is 11.8 Å². The van der Waals surface area contributed by atoms with Crippen LogP contribution in [0.2, 0.25) is 0 Å². The van der Waals surface area contributed by atoms with Gasteiger partial charge in [-0.15, -0.1) is 0 Å². The van der Waals surface area contributed by atoms with Gasteiger partial charge >= 0.3 is 5.97 Å². The summed E-state index contributed by atoms with van der Waals surface area (Å²) in [5, 5.41) is 0. The van der Waals surface area contributed by atoms with Crippen molar-refractivity contribution >= 4 is 58.6 Å². The second kappa shape index (κ2) is 40.2. The van der Waals surface area contributed by atoms with Gasteiger partial charge < -0.3 is 85.4 Å². The summed E-state index contributed by atoms with van der Waals surface area (Å²) in [6.07, 6.45) is 5.27. The van der Waals surface area contributed by atoms with E-state index < -0.39 is 0 Å². The number of anilines is 3. The first-order valence-corrected chi connectivity index (χ1v) is 32.7. The molecule has 0 spiro atoms. The Balaban J connectivity index is 0.629. The van der Waals surface area contributed by atoms with Crippen molar-refractivity contribution in [2.24, 2.45) is 9.98 Å². The largest absolute Gasteiger partial charge is 0.493 e. The van der Waals surface area contributed by atoms with E-state index in [-0.39, 0.29) is 49.5 Å². The Hall–Kier alpha value is -7.63. The van der Waals surface area contributed by atoms with Gasteiger partial charge in [0, 0.05) is 68.1 Å². The van der Waals surface area contributed by atoms with E-state index in [0.29, 0.717) is 223 Å². The summed E-state index contributed by atoms with van der Waals surface area (Å²) in [5.74, 6) is 1.10. The third kappa shape index (κ3) is 21.9. The van der Waals surface area contributed by atoms with E-state index in [1.54, 1.807) is 38.5 Å². The number of rotatable bonds is 48. The number of carbonyl (C=O) groups excluding carboxylic acids is 3. The highest BCUT2D eigenvalue weighted by molar-refractivity contribution is 6.16. The standard InChI is InChI=1S/C71H91N5O20/c1-74(14-16-84-18-20-86-22-24-88-26-28-90-30-32-92-34-36-94-38-37-93-35-33-91-31-29-89-27-25-87-23-21-85-19-17-83-15-13-69(77)82-4)56-40-52(50-95-67-46-61-59(44-65(67)80-2)70(78)75-57(48-72-61)42-54-9-5-7-11-63(54)75)39-53(41-56)51-96-68-47-62-60(45-66(68)81-3)71(79)76-58(49-73-62)43-55-10-6-8-12-64(55)76/h5-12,39-41,44-49,57-58H,13-38,42-43,50-51H2,1-4H3/t57-,58-/m0/s1. The molecule has 4 aliphatic rings. The summed E-state index contributed by atoms with van der Waals surface area (Å²) in [4.78, 5) is 54.6. The molecule has 0 fully saturated rings. The minimum absolute atomic E-state index is 0.148. The van der Waals surface area contributed by atoms with Crippen molar-refractivity contribution in [1.82, 2.24) is 0 Å². The van der Waals surface area contributed by atoms with Crippen molar-refractivity contribution in [3.05, 3.63) is 124 Å². The molecule has 520 valence electrons. The number of ether oxygens (including phenoxy) is 17. The number of para-hydroxylation sites is 2. The number of nitrogens with zero attached hydrogens (tertiary/aromatic N) is 5. The molecule has 0 saturated heterocycles. The number of fused-ring (bicyclic) bond motifs is 8. The molecule has 0 radical (unpaired) electrons. The zero-order chi connectivity index (χ0) is 66.9. The molecule has 2 atom stereocenters. The average molecular weight is 1330 g/mol. The van der Waals surface area contributed by atoms with Gasteiger partial charge in [-0.1, -0.05) is 36.4 Å². The summed E-state index contributed by atoms with van der Waals surface area (Å²) in [7, 11) is 6.46. The predicted molar refractivity (Wildman–Crippen MR) is 359 cm³/mol. The van der Waals surface area contributed by atoms with Crippen LogP contribution in [0, 0.1) is 0 Å². The van der Waals surface area contributed by atoms with Crippen LogP contribution in [0.3, 0.4) is 0 Å². The number of methoxy groups -OCH3 is 3. The Bertz CT molecular complexity index is 3140. The fraction of sp³-hybridized carbons (Fsp3) is 0.507. The monoisotopic (exact) mass is 1330 g/mol. The number of hydrogen-bond acceptors (Lipinski definition) is 23. The molecule has 0 aliphatic carbocycles. The first kappa shape index (κ1) is 72.6. The third-order valence-corrected chi connectivity index (χ3v) is 15.9. The molecule has 25 heteroatoms. The van der Waals surface area contributed by atoms with Crippen LogP contribution in [-0.4, -0.2) is 236 Å². The molecule has 0 bridgehead atoms. The molecule has 4 heterocycles. The highest BCUT2D eigenvalue weighted by Crippen LogP contribution is 2.43. The smallest absolute Gasteiger partial charge is 0.307 e. The zero-order valence-corrected chi connectivity index (χ0v) is 55.6. The maximum atomic E-state index is 14.1. The van der Waals surface area contributed by atoms with Gasteiger partial charge in [-0.2, -0.15) is 0 Å². The van der Waals surface area contributed by atoms with Crippen LogP contribution in [0.5, 0.6) is 23.0 Å². The Kier molecular flexibility index (Phi) is 30.4. The lowest BCUT2D eigenvalue weighted by Gasteiger charge is -2.23. The van der Waals surface area contributed by atoms with Gasteiger partial charge in [0.15, 0.2) is 23.0 Å². The van der Waals surface area contributed by atoms with E-state index in [9.17, 15) is 14.4 Å². The Morgan fingerprint density at radius 2 is 0.781 bits per heavy atom. The van der Waals surface area contributed by atoms with Crippen LogP contribution in [0.15, 0.2) is 101 Å². The number of esters is 1. The minimum atomic E-state index is -0.296. The molecule has 5 aromatic rings. The Labute approximate surface area is 561 Å². The molecule has 0 unspecified atom stereocenters. The van der Waals surface area contributed by atoms with Crippen LogP contribution < -0.4 is 33.6 Å². The Morgan fingerprint density at radius 1 is 0.438 bits per heavy atom. The molecular weight excluding hydrogens is 1240 g/mol. The first-order valence-electron chi connectivity index (χ1n) is 32.7. The van der Waals surface area contributed by atoms with Gasteiger partial charge in [-0.05, 0) is 64.7 Å². The number of aliphatic imine (C=N–C) groups is 2. The zero-order valence-electron chi connectivity index (χ0n) is 55.6. The summed E-state index contributed by atoms with van der Waals surface area (Å²) in [6.45, 7) is 11.5. The molecule has 2 amide bonds. The molecule has 0 aromatic heterocycles. The fourth-order valence-corrected chi connectivity index (χ4v) is 10.9. The van der Waals surface area contributed by atoms with Gasteiger partial charge in [0.1, 0.15) is 13.2 Å². The van der Waals surface area contributed by atoms with E-state index in [2.05, 4.69) is 21.8 Å². The highest BCUT2D eigenvalue weighted by Gasteiger charge is 2.38. The molecular formula is C71H91N5O20. The molecule has 5 aromatic carbocycles. The predicted octanol–water partition coefficient (Wildman–Crippen LogP) is 7.64. The lowest BCUT2D eigenvalue weighted by molar-refractivity contribution is -0.142. The van der Waals surface area contributed by atoms with Gasteiger partial charge in [-0.25, -0.2) is 0 Å². The molecule has 25 nitrogen and oxygen atoms in total. The molecule has 4 aliphatic heterocycles. The topological polar surface area (TPSA) is 243 Å². The molecule has 0 N–H and O–H groups in total. The van der Waals surface area contributed by atoms with Gasteiger partial charge in [0.2, 0.25) is 0 Å². The number of amides is 2. The fourth-order valence-electron chi connectivity index (χ4n) is 10.9.